The van der Waals surface area contributed by atoms with Crippen LogP contribution >= 0.6 is 0 Å². The van der Waals surface area contributed by atoms with Crippen LogP contribution in [0.3, 0.4) is 0 Å². The molecule has 1 N–H and O–H groups in total. The third-order valence-corrected chi connectivity index (χ3v) is 5.97. The Morgan fingerprint density at radius 1 is 1.18 bits per heavy atom. The molecule has 0 unspecified atom stereocenters. The number of piperidine rings is 1. The summed E-state index contributed by atoms with van der Waals surface area (Å²) in [6.45, 7) is 5.10. The van der Waals surface area contributed by atoms with Crippen molar-refractivity contribution in [3.05, 3.63) is 29.8 Å². The fourth-order valence-electron chi connectivity index (χ4n) is 2.44. The Kier molecular flexibility index (Phi) is 5.58. The summed E-state index contributed by atoms with van der Waals surface area (Å²) < 4.78 is 26.6. The lowest BCUT2D eigenvalue weighted by Gasteiger charge is -2.25. The van der Waals surface area contributed by atoms with E-state index >= 15 is 0 Å². The number of hydrogen-bond donors (Lipinski definition) is 1. The molecule has 1 aromatic carbocycles. The van der Waals surface area contributed by atoms with Crippen LogP contribution in [0.4, 0.5) is 0 Å². The van der Waals surface area contributed by atoms with Crippen molar-refractivity contribution in [3.63, 3.8) is 0 Å². The number of carbonyl (C=O) groups is 1. The molecular formula is C16H24N2O3S. The number of benzene rings is 1. The normalized spacial score (nSPS) is 17.9. The average molecular weight is 324 g/mol. The Morgan fingerprint density at radius 3 is 2.32 bits per heavy atom. The van der Waals surface area contributed by atoms with Crippen molar-refractivity contribution in [3.8, 4) is 0 Å². The maximum Gasteiger partial charge on any atom is 0.251 e. The highest BCUT2D eigenvalue weighted by Crippen LogP contribution is 2.20. The van der Waals surface area contributed by atoms with Crippen LogP contribution in [0.25, 0.3) is 0 Å². The minimum Gasteiger partial charge on any atom is -0.350 e. The van der Waals surface area contributed by atoms with Crippen molar-refractivity contribution in [2.75, 3.05) is 13.1 Å². The molecule has 0 aliphatic carbocycles. The monoisotopic (exact) mass is 324 g/mol. The van der Waals surface area contributed by atoms with E-state index in [0.717, 1.165) is 25.7 Å². The van der Waals surface area contributed by atoms with Gasteiger partial charge in [-0.3, -0.25) is 4.79 Å². The van der Waals surface area contributed by atoms with E-state index in [4.69, 9.17) is 0 Å². The number of rotatable bonds is 5. The molecule has 1 aliphatic heterocycles. The molecule has 1 aliphatic rings. The van der Waals surface area contributed by atoms with Gasteiger partial charge in [0.25, 0.3) is 5.91 Å². The largest absolute Gasteiger partial charge is 0.350 e. The van der Waals surface area contributed by atoms with Gasteiger partial charge in [0, 0.05) is 24.7 Å². The van der Waals surface area contributed by atoms with Crippen LogP contribution in [-0.2, 0) is 10.0 Å². The van der Waals surface area contributed by atoms with Gasteiger partial charge in [0.15, 0.2) is 0 Å². The second-order valence-corrected chi connectivity index (χ2v) is 7.71. The van der Waals surface area contributed by atoms with Gasteiger partial charge >= 0.3 is 0 Å². The molecule has 122 valence electrons. The van der Waals surface area contributed by atoms with Crippen LogP contribution in [0.5, 0.6) is 0 Å². The Labute approximate surface area is 132 Å². The molecule has 1 fully saturated rings. The van der Waals surface area contributed by atoms with Gasteiger partial charge < -0.3 is 5.32 Å². The summed E-state index contributed by atoms with van der Waals surface area (Å²) in [7, 11) is -3.43. The van der Waals surface area contributed by atoms with Crippen LogP contribution in [0.1, 0.15) is 49.9 Å². The summed E-state index contributed by atoms with van der Waals surface area (Å²) in [5, 5.41) is 2.87. The molecule has 0 radical (unpaired) electrons. The van der Waals surface area contributed by atoms with Gasteiger partial charge in [-0.1, -0.05) is 13.3 Å². The highest BCUT2D eigenvalue weighted by molar-refractivity contribution is 7.89. The van der Waals surface area contributed by atoms with Gasteiger partial charge in [-0.15, -0.1) is 0 Å². The second kappa shape index (κ2) is 7.24. The molecule has 1 amide bonds. The van der Waals surface area contributed by atoms with Crippen LogP contribution in [0.15, 0.2) is 29.2 Å². The van der Waals surface area contributed by atoms with Crippen LogP contribution in [0, 0.1) is 0 Å². The summed E-state index contributed by atoms with van der Waals surface area (Å²) in [6, 6.07) is 6.30. The van der Waals surface area contributed by atoms with Crippen molar-refractivity contribution in [1.29, 1.82) is 0 Å². The first kappa shape index (κ1) is 17.0. The molecule has 1 atom stereocenters. The third-order valence-electron chi connectivity index (χ3n) is 4.06. The van der Waals surface area contributed by atoms with E-state index in [1.165, 1.54) is 16.4 Å². The molecule has 1 heterocycles. The Hall–Kier alpha value is -1.40. The molecule has 0 saturated carbocycles. The van der Waals surface area contributed by atoms with Crippen molar-refractivity contribution < 1.29 is 13.2 Å². The number of nitrogens with one attached hydrogen (secondary N) is 1. The van der Waals surface area contributed by atoms with E-state index in [9.17, 15) is 13.2 Å². The quantitative estimate of drug-likeness (QED) is 0.904. The first-order valence-corrected chi connectivity index (χ1v) is 9.30. The van der Waals surface area contributed by atoms with Crippen LogP contribution in [-0.4, -0.2) is 37.8 Å². The highest BCUT2D eigenvalue weighted by Gasteiger charge is 2.25. The zero-order valence-corrected chi connectivity index (χ0v) is 14.0. The summed E-state index contributed by atoms with van der Waals surface area (Å²) in [4.78, 5) is 12.3. The summed E-state index contributed by atoms with van der Waals surface area (Å²) >= 11 is 0. The molecule has 1 saturated heterocycles. The highest BCUT2D eigenvalue weighted by atomic mass is 32.2. The van der Waals surface area contributed by atoms with Gasteiger partial charge in [0.05, 0.1) is 4.90 Å². The van der Waals surface area contributed by atoms with E-state index in [1.807, 2.05) is 13.8 Å². The van der Waals surface area contributed by atoms with E-state index < -0.39 is 10.0 Å². The summed E-state index contributed by atoms with van der Waals surface area (Å²) in [5.41, 5.74) is 0.484. The Bertz CT molecular complexity index is 605. The van der Waals surface area contributed by atoms with Gasteiger partial charge in [-0.25, -0.2) is 8.42 Å². The first-order chi connectivity index (χ1) is 10.4. The van der Waals surface area contributed by atoms with Gasteiger partial charge in [-0.2, -0.15) is 4.31 Å². The van der Waals surface area contributed by atoms with Crippen LogP contribution in [0.2, 0.25) is 0 Å². The standard InChI is InChI=1S/C16H24N2O3S/c1-3-13(2)17-16(19)14-7-9-15(10-8-14)22(20,21)18-11-5-4-6-12-18/h7-10,13H,3-6,11-12H2,1-2H3,(H,17,19)/t13-/m0/s1. The molecule has 0 aromatic heterocycles. The lowest BCUT2D eigenvalue weighted by molar-refractivity contribution is 0.0939. The van der Waals surface area contributed by atoms with E-state index in [-0.39, 0.29) is 16.8 Å². The van der Waals surface area contributed by atoms with Crippen LogP contribution < -0.4 is 5.32 Å². The lowest BCUT2D eigenvalue weighted by atomic mass is 10.2. The van der Waals surface area contributed by atoms with E-state index in [1.54, 1.807) is 12.1 Å². The minimum absolute atomic E-state index is 0.101. The van der Waals surface area contributed by atoms with Gasteiger partial charge in [-0.05, 0) is 50.5 Å². The van der Waals surface area contributed by atoms with Gasteiger partial charge in [0.2, 0.25) is 10.0 Å². The predicted octanol–water partition coefficient (Wildman–Crippen LogP) is 2.39. The molecule has 5 nitrogen and oxygen atoms in total. The molecule has 6 heteroatoms. The minimum atomic E-state index is -3.43. The molecule has 2 rings (SSSR count). The molecule has 0 bridgehead atoms. The van der Waals surface area contributed by atoms with Crippen molar-refractivity contribution >= 4 is 15.9 Å². The number of hydrogen-bond acceptors (Lipinski definition) is 3. The number of sulfonamides is 1. The maximum atomic E-state index is 12.5. The number of amides is 1. The lowest BCUT2D eigenvalue weighted by Crippen LogP contribution is -2.35. The zero-order chi connectivity index (χ0) is 16.2. The maximum absolute atomic E-state index is 12.5. The van der Waals surface area contributed by atoms with E-state index in [0.29, 0.717) is 18.7 Å². The van der Waals surface area contributed by atoms with Crippen molar-refractivity contribution in [2.24, 2.45) is 0 Å². The molecule has 0 spiro atoms. The SMILES string of the molecule is CC[C@H](C)NC(=O)c1ccc(S(=O)(=O)N2CCCCC2)cc1. The summed E-state index contributed by atoms with van der Waals surface area (Å²) in [6.07, 6.45) is 3.76. The van der Waals surface area contributed by atoms with Gasteiger partial charge in [0.1, 0.15) is 0 Å². The van der Waals surface area contributed by atoms with Crippen molar-refractivity contribution in [2.45, 2.75) is 50.5 Å². The fourth-order valence-corrected chi connectivity index (χ4v) is 3.96. The topological polar surface area (TPSA) is 66.5 Å². The Balaban J connectivity index is 2.12. The second-order valence-electron chi connectivity index (χ2n) is 5.77. The zero-order valence-electron chi connectivity index (χ0n) is 13.2. The average Bonchev–Trinajstić information content (AvgIpc) is 2.55. The smallest absolute Gasteiger partial charge is 0.251 e. The summed E-state index contributed by atoms with van der Waals surface area (Å²) in [5.74, 6) is -0.170. The van der Waals surface area contributed by atoms with Crippen molar-refractivity contribution in [1.82, 2.24) is 9.62 Å². The third kappa shape index (κ3) is 3.87. The van der Waals surface area contributed by atoms with E-state index in [2.05, 4.69) is 5.32 Å². The molecular weight excluding hydrogens is 300 g/mol. The Morgan fingerprint density at radius 2 is 1.77 bits per heavy atom. The number of nitrogens with zero attached hydrogens (tertiary/aromatic N) is 1. The molecule has 1 aromatic rings. The number of carbonyl (C=O) groups excluding carboxylic acids is 1. The first-order valence-electron chi connectivity index (χ1n) is 7.86. The fraction of sp³-hybridized carbons (Fsp3) is 0.562. The molecule has 22 heavy (non-hydrogen) atoms. The predicted molar refractivity (Wildman–Crippen MR) is 86.3 cm³/mol.